The van der Waals surface area contributed by atoms with Gasteiger partial charge in [0.1, 0.15) is 12.4 Å². The van der Waals surface area contributed by atoms with Crippen LogP contribution in [0.15, 0.2) is 84.4 Å². The lowest BCUT2D eigenvalue weighted by molar-refractivity contribution is -0.111. The van der Waals surface area contributed by atoms with Crippen LogP contribution in [0.3, 0.4) is 0 Å². The number of ether oxygens (including phenoxy) is 2. The van der Waals surface area contributed by atoms with Crippen LogP contribution in [0.1, 0.15) is 5.56 Å². The highest BCUT2D eigenvalue weighted by Crippen LogP contribution is 2.34. The van der Waals surface area contributed by atoms with Crippen LogP contribution in [0.25, 0.3) is 11.1 Å². The molecule has 168 valence electrons. The second kappa shape index (κ2) is 10.5. The van der Waals surface area contributed by atoms with Gasteiger partial charge in [0.25, 0.3) is 0 Å². The molecule has 3 aromatic carbocycles. The first-order chi connectivity index (χ1) is 16.2. The van der Waals surface area contributed by atoms with Gasteiger partial charge in [-0.25, -0.2) is 4.99 Å². The van der Waals surface area contributed by atoms with Gasteiger partial charge >= 0.3 is 0 Å². The minimum absolute atomic E-state index is 0.244. The molecule has 7 heteroatoms. The summed E-state index contributed by atoms with van der Waals surface area (Å²) in [5, 5.41) is 9.67. The zero-order valence-electron chi connectivity index (χ0n) is 18.4. The Balaban J connectivity index is 1.50. The molecular formula is C26H26N4O3. The van der Waals surface area contributed by atoms with E-state index in [1.54, 1.807) is 7.11 Å². The van der Waals surface area contributed by atoms with Gasteiger partial charge in [-0.1, -0.05) is 36.9 Å². The summed E-state index contributed by atoms with van der Waals surface area (Å²) in [7, 11) is 1.65. The zero-order valence-corrected chi connectivity index (χ0v) is 18.4. The summed E-state index contributed by atoms with van der Waals surface area (Å²) in [6, 6.07) is 21.5. The maximum atomic E-state index is 11.7. The number of carbonyl (C=O) groups is 1. The summed E-state index contributed by atoms with van der Waals surface area (Å²) in [5.41, 5.74) is 5.58. The molecule has 3 aromatic rings. The summed E-state index contributed by atoms with van der Waals surface area (Å²) in [6.45, 7) is 4.56. The number of hydrogen-bond acceptors (Lipinski definition) is 6. The molecule has 0 aromatic heterocycles. The first-order valence-electron chi connectivity index (χ1n) is 10.6. The second-order valence-corrected chi connectivity index (χ2v) is 7.38. The normalized spacial score (nSPS) is 14.0. The van der Waals surface area contributed by atoms with Crippen LogP contribution in [0.4, 0.5) is 17.1 Å². The molecule has 0 fully saturated rings. The lowest BCUT2D eigenvalue weighted by atomic mass is 9.99. The average Bonchev–Trinajstić information content (AvgIpc) is 2.85. The van der Waals surface area contributed by atoms with Crippen LogP contribution < -0.4 is 20.7 Å². The molecule has 0 radical (unpaired) electrons. The Hall–Kier alpha value is -4.10. The van der Waals surface area contributed by atoms with E-state index in [9.17, 15) is 4.79 Å². The van der Waals surface area contributed by atoms with Gasteiger partial charge in [-0.3, -0.25) is 4.79 Å². The summed E-state index contributed by atoms with van der Waals surface area (Å²) >= 11 is 0. The molecule has 1 atom stereocenters. The number of rotatable bonds is 9. The fourth-order valence-electron chi connectivity index (χ4n) is 3.49. The van der Waals surface area contributed by atoms with E-state index in [1.165, 1.54) is 6.08 Å². The van der Waals surface area contributed by atoms with Crippen LogP contribution in [0, 0.1) is 0 Å². The number of amides is 1. The van der Waals surface area contributed by atoms with E-state index in [-0.39, 0.29) is 12.2 Å². The van der Waals surface area contributed by atoms with Gasteiger partial charge in [-0.2, -0.15) is 0 Å². The Labute approximate surface area is 193 Å². The fraction of sp³-hybridized carbons (Fsp3) is 0.154. The number of methoxy groups -OCH3 is 1. The Morgan fingerprint density at radius 1 is 1.09 bits per heavy atom. The first-order valence-corrected chi connectivity index (χ1v) is 10.6. The monoisotopic (exact) mass is 442 g/mol. The number of fused-ring (bicyclic) bond motifs is 1. The van der Waals surface area contributed by atoms with E-state index < -0.39 is 0 Å². The van der Waals surface area contributed by atoms with Crippen molar-refractivity contribution in [1.82, 2.24) is 0 Å². The summed E-state index contributed by atoms with van der Waals surface area (Å²) in [6.07, 6.45) is 2.78. The maximum absolute atomic E-state index is 11.7. The van der Waals surface area contributed by atoms with Crippen molar-refractivity contribution in [2.75, 3.05) is 36.3 Å². The van der Waals surface area contributed by atoms with Crippen molar-refractivity contribution in [3.05, 3.63) is 84.9 Å². The predicted octanol–water partition coefficient (Wildman–Crippen LogP) is 4.74. The quantitative estimate of drug-likeness (QED) is 0.329. The van der Waals surface area contributed by atoms with Crippen molar-refractivity contribution in [1.29, 1.82) is 0 Å². The van der Waals surface area contributed by atoms with Crippen molar-refractivity contribution in [2.24, 2.45) is 4.99 Å². The molecule has 1 amide bonds. The lowest BCUT2D eigenvalue weighted by Crippen LogP contribution is -2.30. The molecule has 0 aliphatic carbocycles. The Morgan fingerprint density at radius 2 is 1.91 bits per heavy atom. The third kappa shape index (κ3) is 5.58. The molecule has 1 aliphatic heterocycles. The highest BCUT2D eigenvalue weighted by atomic mass is 16.5. The van der Waals surface area contributed by atoms with Gasteiger partial charge in [0.2, 0.25) is 5.91 Å². The van der Waals surface area contributed by atoms with Gasteiger partial charge in [0.15, 0.2) is 6.29 Å². The van der Waals surface area contributed by atoms with Crippen LogP contribution in [-0.2, 0) is 9.53 Å². The number of para-hydroxylation sites is 1. The molecular weight excluding hydrogens is 416 g/mol. The van der Waals surface area contributed by atoms with E-state index >= 15 is 0 Å². The van der Waals surface area contributed by atoms with Gasteiger partial charge in [-0.15, -0.1) is 0 Å². The number of aliphatic imine (C=N–C) groups is 1. The maximum Gasteiger partial charge on any atom is 0.247 e. The van der Waals surface area contributed by atoms with E-state index in [0.29, 0.717) is 18.9 Å². The van der Waals surface area contributed by atoms with Gasteiger partial charge in [0.05, 0.1) is 12.3 Å². The minimum atomic E-state index is -0.331. The Morgan fingerprint density at radius 3 is 2.70 bits per heavy atom. The third-order valence-corrected chi connectivity index (χ3v) is 5.08. The number of carbonyl (C=O) groups excluding carboxylic acids is 1. The number of anilines is 3. The fourth-order valence-corrected chi connectivity index (χ4v) is 3.49. The van der Waals surface area contributed by atoms with Gasteiger partial charge in [0, 0.05) is 35.8 Å². The highest BCUT2D eigenvalue weighted by molar-refractivity contribution is 6.00. The summed E-state index contributed by atoms with van der Waals surface area (Å²) in [5.74, 6) is 0.542. The molecule has 4 rings (SSSR count). The molecule has 0 bridgehead atoms. The molecule has 0 spiro atoms. The molecule has 1 unspecified atom stereocenters. The van der Waals surface area contributed by atoms with E-state index in [2.05, 4.69) is 27.5 Å². The smallest absolute Gasteiger partial charge is 0.247 e. The van der Waals surface area contributed by atoms with Crippen LogP contribution in [0.5, 0.6) is 5.75 Å². The standard InChI is InChI=1S/C26H26N4O3/c1-3-24(31)28-21-8-4-6-18(16-21)23-9-5-7-19-17-27-26(30-25(19)23)29-20-10-12-22(13-11-20)33-15-14-32-2/h3-13,16-17,26,29-30H,1,14-15H2,2H3,(H,28,31). The van der Waals surface area contributed by atoms with Crippen molar-refractivity contribution >= 4 is 29.2 Å². The SMILES string of the molecule is C=CC(=O)Nc1cccc(-c2cccc3c2NC(Nc2ccc(OCCOC)cc2)N=C3)c1. The van der Waals surface area contributed by atoms with E-state index in [0.717, 1.165) is 33.8 Å². The first kappa shape index (κ1) is 22.1. The summed E-state index contributed by atoms with van der Waals surface area (Å²) in [4.78, 5) is 16.3. The van der Waals surface area contributed by atoms with Gasteiger partial charge in [-0.05, 0) is 48.0 Å². The number of nitrogens with one attached hydrogen (secondary N) is 3. The van der Waals surface area contributed by atoms with Crippen LogP contribution in [-0.4, -0.2) is 38.7 Å². The molecule has 1 aliphatic rings. The topological polar surface area (TPSA) is 84.0 Å². The number of nitrogens with zero attached hydrogens (tertiary/aromatic N) is 1. The predicted molar refractivity (Wildman–Crippen MR) is 133 cm³/mol. The van der Waals surface area contributed by atoms with Crippen molar-refractivity contribution in [3.63, 3.8) is 0 Å². The van der Waals surface area contributed by atoms with Crippen molar-refractivity contribution in [3.8, 4) is 16.9 Å². The van der Waals surface area contributed by atoms with E-state index in [1.807, 2.05) is 72.9 Å². The number of hydrogen-bond donors (Lipinski definition) is 3. The number of benzene rings is 3. The molecule has 0 saturated heterocycles. The summed E-state index contributed by atoms with van der Waals surface area (Å²) < 4.78 is 10.6. The van der Waals surface area contributed by atoms with Gasteiger partial charge < -0.3 is 25.4 Å². The van der Waals surface area contributed by atoms with Crippen molar-refractivity contribution < 1.29 is 14.3 Å². The van der Waals surface area contributed by atoms with Crippen molar-refractivity contribution in [2.45, 2.75) is 6.29 Å². The largest absolute Gasteiger partial charge is 0.491 e. The van der Waals surface area contributed by atoms with Crippen LogP contribution >= 0.6 is 0 Å². The third-order valence-electron chi connectivity index (χ3n) is 5.08. The molecule has 0 saturated carbocycles. The molecule has 33 heavy (non-hydrogen) atoms. The molecule has 3 N–H and O–H groups in total. The lowest BCUT2D eigenvalue weighted by Gasteiger charge is -2.25. The Kier molecular flexibility index (Phi) is 7.02. The zero-order chi connectivity index (χ0) is 23.0. The van der Waals surface area contributed by atoms with E-state index in [4.69, 9.17) is 9.47 Å². The second-order valence-electron chi connectivity index (χ2n) is 7.38. The highest BCUT2D eigenvalue weighted by Gasteiger charge is 2.18. The van der Waals surface area contributed by atoms with Crippen LogP contribution in [0.2, 0.25) is 0 Å². The molecule has 1 heterocycles. The Bertz CT molecular complexity index is 1160. The minimum Gasteiger partial charge on any atom is -0.491 e. The molecule has 7 nitrogen and oxygen atoms in total. The average molecular weight is 443 g/mol.